The second-order valence-electron chi connectivity index (χ2n) is 8.47. The summed E-state index contributed by atoms with van der Waals surface area (Å²) in [5.74, 6) is 0.792. The monoisotopic (exact) mass is 422 g/mol. The number of rotatable bonds is 5. The Balaban J connectivity index is 1.35. The Morgan fingerprint density at radius 3 is 2.52 bits per heavy atom. The standard InChI is InChI=1S/C21H31N3O4S/c25-21(16-23-11-3-5-17-4-1-2-6-20(17)23)22-18-7-9-19(10-8-18)29(26,27)24-12-14-28-15-13-24/h7-10,17,20H,1-6,11-16H2,(H,22,25)/p+1/t17-,20+/m1/s1. The van der Waals surface area contributed by atoms with Crippen LogP contribution in [0.5, 0.6) is 0 Å². The zero-order chi connectivity index (χ0) is 20.3. The van der Waals surface area contributed by atoms with Crippen LogP contribution >= 0.6 is 0 Å². The molecule has 8 heteroatoms. The van der Waals surface area contributed by atoms with Crippen molar-refractivity contribution in [1.82, 2.24) is 4.31 Å². The Morgan fingerprint density at radius 2 is 1.76 bits per heavy atom. The average Bonchev–Trinajstić information content (AvgIpc) is 2.75. The van der Waals surface area contributed by atoms with E-state index in [1.165, 1.54) is 47.7 Å². The van der Waals surface area contributed by atoms with E-state index in [0.717, 1.165) is 12.5 Å². The maximum Gasteiger partial charge on any atom is 0.279 e. The predicted molar refractivity (Wildman–Crippen MR) is 110 cm³/mol. The van der Waals surface area contributed by atoms with Crippen LogP contribution in [0.4, 0.5) is 5.69 Å². The molecule has 1 aromatic carbocycles. The van der Waals surface area contributed by atoms with E-state index in [1.54, 1.807) is 24.3 Å². The molecule has 1 unspecified atom stereocenters. The van der Waals surface area contributed by atoms with E-state index >= 15 is 0 Å². The molecule has 3 atom stereocenters. The minimum atomic E-state index is -3.51. The van der Waals surface area contributed by atoms with Crippen molar-refractivity contribution in [2.24, 2.45) is 5.92 Å². The zero-order valence-corrected chi connectivity index (χ0v) is 17.8. The van der Waals surface area contributed by atoms with E-state index < -0.39 is 10.0 Å². The SMILES string of the molecule is O=C(C[NH+]1CCC[C@H]2CCCC[C@@H]21)Nc1ccc(S(=O)(=O)N2CCOCC2)cc1. The molecule has 4 rings (SSSR count). The van der Waals surface area contributed by atoms with Gasteiger partial charge in [-0.2, -0.15) is 4.31 Å². The first-order valence-corrected chi connectivity index (χ1v) is 12.3. The van der Waals surface area contributed by atoms with Gasteiger partial charge in [0.05, 0.1) is 30.7 Å². The highest BCUT2D eigenvalue weighted by Gasteiger charge is 2.37. The predicted octanol–water partition coefficient (Wildman–Crippen LogP) is 0.884. The summed E-state index contributed by atoms with van der Waals surface area (Å²) in [6.07, 6.45) is 7.69. The molecule has 1 aromatic rings. The number of carbonyl (C=O) groups excluding carboxylic acids is 1. The van der Waals surface area contributed by atoms with Crippen LogP contribution < -0.4 is 10.2 Å². The summed E-state index contributed by atoms with van der Waals surface area (Å²) in [6, 6.07) is 7.14. The van der Waals surface area contributed by atoms with E-state index in [0.29, 0.717) is 44.6 Å². The zero-order valence-electron chi connectivity index (χ0n) is 16.9. The smallest absolute Gasteiger partial charge is 0.279 e. The van der Waals surface area contributed by atoms with Gasteiger partial charge in [0.25, 0.3) is 5.91 Å². The number of nitrogens with zero attached hydrogens (tertiary/aromatic N) is 1. The van der Waals surface area contributed by atoms with E-state index in [-0.39, 0.29) is 10.8 Å². The number of ether oxygens (including phenoxy) is 1. The molecule has 7 nitrogen and oxygen atoms in total. The van der Waals surface area contributed by atoms with Crippen LogP contribution in [0.2, 0.25) is 0 Å². The lowest BCUT2D eigenvalue weighted by atomic mass is 9.78. The van der Waals surface area contributed by atoms with Crippen molar-refractivity contribution in [3.63, 3.8) is 0 Å². The fourth-order valence-corrected chi connectivity index (χ4v) is 6.55. The van der Waals surface area contributed by atoms with Gasteiger partial charge in [-0.1, -0.05) is 6.42 Å². The van der Waals surface area contributed by atoms with Crippen LogP contribution in [0, 0.1) is 5.92 Å². The molecule has 0 bridgehead atoms. The molecule has 3 fully saturated rings. The van der Waals surface area contributed by atoms with Gasteiger partial charge in [-0.05, 0) is 56.4 Å². The number of likely N-dealkylation sites (tertiary alicyclic amines) is 1. The molecule has 1 saturated carbocycles. The number of quaternary nitrogens is 1. The van der Waals surface area contributed by atoms with Gasteiger partial charge in [0.2, 0.25) is 10.0 Å². The highest BCUT2D eigenvalue weighted by atomic mass is 32.2. The molecule has 0 spiro atoms. The lowest BCUT2D eigenvalue weighted by molar-refractivity contribution is -0.928. The second-order valence-corrected chi connectivity index (χ2v) is 10.4. The van der Waals surface area contributed by atoms with Crippen LogP contribution in [0.3, 0.4) is 0 Å². The normalized spacial score (nSPS) is 28.5. The van der Waals surface area contributed by atoms with Crippen molar-refractivity contribution in [1.29, 1.82) is 0 Å². The summed E-state index contributed by atoms with van der Waals surface area (Å²) in [7, 11) is -3.51. The van der Waals surface area contributed by atoms with Crippen LogP contribution in [-0.4, -0.2) is 64.1 Å². The van der Waals surface area contributed by atoms with Gasteiger partial charge in [0, 0.05) is 24.7 Å². The van der Waals surface area contributed by atoms with Crippen molar-refractivity contribution in [2.75, 3.05) is 44.7 Å². The minimum Gasteiger partial charge on any atom is -0.379 e. The largest absolute Gasteiger partial charge is 0.379 e. The van der Waals surface area contributed by atoms with Gasteiger partial charge in [0.15, 0.2) is 6.54 Å². The number of morpholine rings is 1. The summed E-state index contributed by atoms with van der Waals surface area (Å²) in [6.45, 7) is 3.17. The molecule has 2 saturated heterocycles. The summed E-state index contributed by atoms with van der Waals surface area (Å²) in [5.41, 5.74) is 0.646. The van der Waals surface area contributed by atoms with Crippen molar-refractivity contribution >= 4 is 21.6 Å². The molecule has 2 N–H and O–H groups in total. The lowest BCUT2D eigenvalue weighted by Gasteiger charge is -2.40. The number of amides is 1. The minimum absolute atomic E-state index is 0.00927. The number of nitrogens with one attached hydrogen (secondary N) is 2. The number of carbonyl (C=O) groups is 1. The summed E-state index contributed by atoms with van der Waals surface area (Å²) in [5, 5.41) is 2.95. The fourth-order valence-electron chi connectivity index (χ4n) is 5.14. The lowest BCUT2D eigenvalue weighted by Crippen LogP contribution is -3.18. The molecule has 160 valence electrons. The molecule has 2 heterocycles. The number of sulfonamides is 1. The van der Waals surface area contributed by atoms with Gasteiger partial charge in [0.1, 0.15) is 0 Å². The van der Waals surface area contributed by atoms with Crippen molar-refractivity contribution in [2.45, 2.75) is 49.5 Å². The van der Waals surface area contributed by atoms with Crippen LogP contribution in [0.25, 0.3) is 0 Å². The van der Waals surface area contributed by atoms with E-state index in [2.05, 4.69) is 5.32 Å². The van der Waals surface area contributed by atoms with Gasteiger partial charge in [-0.25, -0.2) is 8.42 Å². The third kappa shape index (κ3) is 4.82. The number of fused-ring (bicyclic) bond motifs is 1. The molecule has 0 radical (unpaired) electrons. The Labute approximate surface area is 173 Å². The van der Waals surface area contributed by atoms with Crippen LogP contribution in [0.1, 0.15) is 38.5 Å². The van der Waals surface area contributed by atoms with Crippen molar-refractivity contribution in [3.05, 3.63) is 24.3 Å². The number of benzene rings is 1. The average molecular weight is 423 g/mol. The summed E-state index contributed by atoms with van der Waals surface area (Å²) in [4.78, 5) is 14.3. The summed E-state index contributed by atoms with van der Waals surface area (Å²) < 4.78 is 32.1. The first-order chi connectivity index (χ1) is 14.0. The Bertz CT molecular complexity index is 804. The highest BCUT2D eigenvalue weighted by Crippen LogP contribution is 2.28. The Hall–Kier alpha value is -1.48. The number of anilines is 1. The molecule has 29 heavy (non-hydrogen) atoms. The van der Waals surface area contributed by atoms with Crippen LogP contribution in [0.15, 0.2) is 29.2 Å². The fraction of sp³-hybridized carbons (Fsp3) is 0.667. The number of hydrogen-bond acceptors (Lipinski definition) is 4. The summed E-state index contributed by atoms with van der Waals surface area (Å²) >= 11 is 0. The quantitative estimate of drug-likeness (QED) is 0.738. The third-order valence-electron chi connectivity index (χ3n) is 6.64. The third-order valence-corrected chi connectivity index (χ3v) is 8.55. The number of hydrogen-bond donors (Lipinski definition) is 2. The Kier molecular flexibility index (Phi) is 6.53. The first kappa shape index (κ1) is 20.8. The highest BCUT2D eigenvalue weighted by molar-refractivity contribution is 7.89. The molecule has 1 amide bonds. The van der Waals surface area contributed by atoms with E-state index in [9.17, 15) is 13.2 Å². The molecular weight excluding hydrogens is 390 g/mol. The van der Waals surface area contributed by atoms with Gasteiger partial charge >= 0.3 is 0 Å². The van der Waals surface area contributed by atoms with Gasteiger partial charge in [-0.3, -0.25) is 4.79 Å². The van der Waals surface area contributed by atoms with E-state index in [4.69, 9.17) is 4.74 Å². The van der Waals surface area contributed by atoms with Gasteiger partial charge in [-0.15, -0.1) is 0 Å². The molecular formula is C21H32N3O4S+. The van der Waals surface area contributed by atoms with E-state index in [1.807, 2.05) is 0 Å². The van der Waals surface area contributed by atoms with Crippen molar-refractivity contribution < 1.29 is 22.8 Å². The van der Waals surface area contributed by atoms with Gasteiger partial charge < -0.3 is 15.0 Å². The van der Waals surface area contributed by atoms with Crippen molar-refractivity contribution in [3.8, 4) is 0 Å². The topological polar surface area (TPSA) is 80.2 Å². The second kappa shape index (κ2) is 9.12. The molecule has 3 aliphatic rings. The first-order valence-electron chi connectivity index (χ1n) is 10.9. The molecule has 2 aliphatic heterocycles. The van der Waals surface area contributed by atoms with Crippen LogP contribution in [-0.2, 0) is 19.6 Å². The maximum atomic E-state index is 12.7. The Morgan fingerprint density at radius 1 is 1.07 bits per heavy atom. The number of piperidine rings is 1. The maximum absolute atomic E-state index is 12.7. The molecule has 0 aromatic heterocycles. The molecule has 1 aliphatic carbocycles.